The summed E-state index contributed by atoms with van der Waals surface area (Å²) in [6.45, 7) is 0.973. The van der Waals surface area contributed by atoms with Gasteiger partial charge in [0.2, 0.25) is 0 Å². The van der Waals surface area contributed by atoms with Crippen molar-refractivity contribution in [1.29, 1.82) is 0 Å². The number of phosphoric acid groups is 1. The van der Waals surface area contributed by atoms with Gasteiger partial charge in [0, 0.05) is 6.42 Å². The Kier molecular flexibility index (Phi) is 18.1. The SMILES string of the molecule is CCCCCCCCCCCCCCCC(=O)OC[C@@H](O)COP(=O)(O)OC1[C@H](O)[C@H](O)C(O)[C@H](O)[C@H]1O. The molecule has 226 valence electrons. The summed E-state index contributed by atoms with van der Waals surface area (Å²) in [5.74, 6) is -0.509. The number of esters is 1. The Hall–Kier alpha value is -0.660. The van der Waals surface area contributed by atoms with E-state index in [-0.39, 0.29) is 6.42 Å². The van der Waals surface area contributed by atoms with E-state index in [1.807, 2.05) is 0 Å². The zero-order valence-electron chi connectivity index (χ0n) is 22.5. The zero-order chi connectivity index (χ0) is 28.6. The fraction of sp³-hybridized carbons (Fsp3) is 0.960. The normalized spacial score (nSPS) is 28.1. The molecule has 0 aromatic rings. The van der Waals surface area contributed by atoms with Gasteiger partial charge in [-0.3, -0.25) is 13.8 Å². The highest BCUT2D eigenvalue weighted by Crippen LogP contribution is 2.47. The first kappa shape index (κ1) is 35.4. The van der Waals surface area contributed by atoms with Crippen molar-refractivity contribution in [2.45, 2.75) is 140 Å². The molecule has 0 saturated heterocycles. The molecule has 0 bridgehead atoms. The summed E-state index contributed by atoms with van der Waals surface area (Å²) in [6, 6.07) is 0. The largest absolute Gasteiger partial charge is 0.472 e. The highest BCUT2D eigenvalue weighted by molar-refractivity contribution is 7.47. The maximum Gasteiger partial charge on any atom is 0.472 e. The topological polar surface area (TPSA) is 203 Å². The molecule has 12 nitrogen and oxygen atoms in total. The highest BCUT2D eigenvalue weighted by atomic mass is 31.2. The van der Waals surface area contributed by atoms with Crippen molar-refractivity contribution in [3.8, 4) is 0 Å². The van der Waals surface area contributed by atoms with Crippen LogP contribution in [0, 0.1) is 0 Å². The van der Waals surface area contributed by atoms with Crippen LogP contribution in [-0.4, -0.2) is 97.4 Å². The van der Waals surface area contributed by atoms with Crippen molar-refractivity contribution in [2.75, 3.05) is 13.2 Å². The first-order chi connectivity index (χ1) is 18.0. The molecule has 3 unspecified atom stereocenters. The maximum atomic E-state index is 12.1. The van der Waals surface area contributed by atoms with E-state index in [1.165, 1.54) is 57.8 Å². The van der Waals surface area contributed by atoms with Crippen LogP contribution in [0.3, 0.4) is 0 Å². The monoisotopic (exact) mass is 572 g/mol. The predicted octanol–water partition coefficient (Wildman–Crippen LogP) is 1.69. The van der Waals surface area contributed by atoms with Gasteiger partial charge in [0.1, 0.15) is 49.3 Å². The number of rotatable bonds is 21. The van der Waals surface area contributed by atoms with Crippen LogP contribution >= 0.6 is 7.82 Å². The van der Waals surface area contributed by atoms with Crippen LogP contribution in [0.15, 0.2) is 0 Å². The average molecular weight is 573 g/mol. The standard InChI is InChI=1S/C25H49O12P/c1-2-3-4-5-6-7-8-9-10-11-12-13-14-15-19(27)35-16-18(26)17-36-38(33,34)37-25-23(31)21(29)20(28)22(30)24(25)32/h18,20-26,28-32H,2-17H2,1H3,(H,33,34)/t18-,20?,21-,22+,23-,24-,25?/m1/s1. The molecule has 0 heterocycles. The van der Waals surface area contributed by atoms with Crippen LogP contribution in [0.2, 0.25) is 0 Å². The van der Waals surface area contributed by atoms with E-state index < -0.39 is 69.7 Å². The zero-order valence-corrected chi connectivity index (χ0v) is 23.4. The van der Waals surface area contributed by atoms with Gasteiger partial charge in [-0.15, -0.1) is 0 Å². The number of carbonyl (C=O) groups excluding carboxylic acids is 1. The third-order valence-electron chi connectivity index (χ3n) is 6.68. The van der Waals surface area contributed by atoms with Gasteiger partial charge in [-0.1, -0.05) is 84.0 Å². The maximum absolute atomic E-state index is 12.1. The van der Waals surface area contributed by atoms with Gasteiger partial charge in [-0.2, -0.15) is 0 Å². The molecule has 0 aliphatic heterocycles. The minimum Gasteiger partial charge on any atom is -0.463 e. The number of carbonyl (C=O) groups is 1. The summed E-state index contributed by atoms with van der Waals surface area (Å²) in [6.07, 6.45) is 2.42. The Morgan fingerprint density at radius 3 is 1.61 bits per heavy atom. The summed E-state index contributed by atoms with van der Waals surface area (Å²) in [4.78, 5) is 21.6. The molecular formula is C25H49O12P. The number of aliphatic hydroxyl groups excluding tert-OH is 6. The number of unbranched alkanes of at least 4 members (excludes halogenated alkanes) is 12. The second-order valence-electron chi connectivity index (χ2n) is 10.1. The molecule has 0 spiro atoms. The lowest BCUT2D eigenvalue weighted by Gasteiger charge is -2.41. The molecule has 1 rings (SSSR count). The van der Waals surface area contributed by atoms with Gasteiger partial charge >= 0.3 is 13.8 Å². The van der Waals surface area contributed by atoms with Crippen LogP contribution in [0.25, 0.3) is 0 Å². The van der Waals surface area contributed by atoms with E-state index in [4.69, 9.17) is 4.74 Å². The van der Waals surface area contributed by atoms with Gasteiger partial charge in [0.15, 0.2) is 0 Å². The van der Waals surface area contributed by atoms with Crippen molar-refractivity contribution in [1.82, 2.24) is 0 Å². The van der Waals surface area contributed by atoms with E-state index in [1.54, 1.807) is 0 Å². The number of hydrogen-bond acceptors (Lipinski definition) is 11. The molecular weight excluding hydrogens is 523 g/mol. The molecule has 1 aliphatic carbocycles. The second kappa shape index (κ2) is 19.4. The van der Waals surface area contributed by atoms with Crippen molar-refractivity contribution in [3.05, 3.63) is 0 Å². The first-order valence-corrected chi connectivity index (χ1v) is 15.4. The molecule has 1 saturated carbocycles. The van der Waals surface area contributed by atoms with E-state index in [2.05, 4.69) is 16.0 Å². The van der Waals surface area contributed by atoms with Gasteiger partial charge < -0.3 is 40.3 Å². The van der Waals surface area contributed by atoms with Crippen LogP contribution in [0.4, 0.5) is 0 Å². The van der Waals surface area contributed by atoms with Crippen LogP contribution in [-0.2, 0) is 23.1 Å². The van der Waals surface area contributed by atoms with Gasteiger partial charge in [-0.25, -0.2) is 4.57 Å². The molecule has 1 aliphatic rings. The fourth-order valence-electron chi connectivity index (χ4n) is 4.28. The summed E-state index contributed by atoms with van der Waals surface area (Å²) < 4.78 is 26.3. The molecule has 0 amide bonds. The summed E-state index contributed by atoms with van der Waals surface area (Å²) in [5, 5.41) is 58.5. The lowest BCUT2D eigenvalue weighted by atomic mass is 9.85. The number of aliphatic hydroxyl groups is 6. The van der Waals surface area contributed by atoms with E-state index in [0.717, 1.165) is 19.3 Å². The molecule has 7 N–H and O–H groups in total. The predicted molar refractivity (Wildman–Crippen MR) is 138 cm³/mol. The van der Waals surface area contributed by atoms with Crippen molar-refractivity contribution >= 4 is 13.8 Å². The third kappa shape index (κ3) is 14.1. The lowest BCUT2D eigenvalue weighted by Crippen LogP contribution is -2.64. The molecule has 38 heavy (non-hydrogen) atoms. The number of phosphoric ester groups is 1. The summed E-state index contributed by atoms with van der Waals surface area (Å²) in [5.41, 5.74) is 0. The molecule has 1 fully saturated rings. The number of hydrogen-bond donors (Lipinski definition) is 7. The van der Waals surface area contributed by atoms with E-state index in [0.29, 0.717) is 6.42 Å². The minimum atomic E-state index is -4.98. The Morgan fingerprint density at radius 2 is 1.13 bits per heavy atom. The molecule has 0 radical (unpaired) electrons. The Morgan fingerprint density at radius 1 is 0.711 bits per heavy atom. The van der Waals surface area contributed by atoms with Crippen LogP contribution in [0.5, 0.6) is 0 Å². The Labute approximate surface area is 225 Å². The molecule has 13 heteroatoms. The Bertz CT molecular complexity index is 665. The molecule has 0 aromatic heterocycles. The minimum absolute atomic E-state index is 0.195. The third-order valence-corrected chi connectivity index (χ3v) is 7.66. The summed E-state index contributed by atoms with van der Waals surface area (Å²) >= 11 is 0. The van der Waals surface area contributed by atoms with Gasteiger partial charge in [0.25, 0.3) is 0 Å². The lowest BCUT2D eigenvalue weighted by molar-refractivity contribution is -0.220. The molecule has 8 atom stereocenters. The second-order valence-corrected chi connectivity index (χ2v) is 11.5. The first-order valence-electron chi connectivity index (χ1n) is 13.9. The quantitative estimate of drug-likeness (QED) is 0.0596. The van der Waals surface area contributed by atoms with Crippen molar-refractivity contribution in [3.63, 3.8) is 0 Å². The average Bonchev–Trinajstić information content (AvgIpc) is 2.89. The van der Waals surface area contributed by atoms with E-state index >= 15 is 0 Å². The summed E-state index contributed by atoms with van der Waals surface area (Å²) in [7, 11) is -4.98. The van der Waals surface area contributed by atoms with Crippen LogP contribution < -0.4 is 0 Å². The fourth-order valence-corrected chi connectivity index (χ4v) is 5.26. The van der Waals surface area contributed by atoms with Gasteiger partial charge in [0.05, 0.1) is 6.61 Å². The van der Waals surface area contributed by atoms with Crippen LogP contribution in [0.1, 0.15) is 96.8 Å². The van der Waals surface area contributed by atoms with Crippen molar-refractivity contribution in [2.24, 2.45) is 0 Å². The molecule has 0 aromatic carbocycles. The number of ether oxygens (including phenoxy) is 1. The Balaban J connectivity index is 2.11. The van der Waals surface area contributed by atoms with Gasteiger partial charge in [-0.05, 0) is 6.42 Å². The smallest absolute Gasteiger partial charge is 0.463 e. The van der Waals surface area contributed by atoms with Crippen molar-refractivity contribution < 1.29 is 58.7 Å². The van der Waals surface area contributed by atoms with E-state index in [9.17, 15) is 44.9 Å². The highest BCUT2D eigenvalue weighted by Gasteiger charge is 2.51.